The predicted octanol–water partition coefficient (Wildman–Crippen LogP) is 2.69. The number of rotatable bonds is 7. The zero-order valence-corrected chi connectivity index (χ0v) is 18.6. The predicted molar refractivity (Wildman–Crippen MR) is 122 cm³/mol. The number of aryl methyl sites for hydroxylation is 2. The second-order valence-electron chi connectivity index (χ2n) is 7.64. The highest BCUT2D eigenvalue weighted by Gasteiger charge is 2.22. The first-order chi connectivity index (χ1) is 15.1. The summed E-state index contributed by atoms with van der Waals surface area (Å²) in [4.78, 5) is 39.4. The number of H-pyrrole nitrogens is 1. The molecule has 3 aromatic rings. The van der Waals surface area contributed by atoms with Gasteiger partial charge in [0, 0.05) is 21.1 Å². The lowest BCUT2D eigenvalue weighted by Crippen LogP contribution is -2.32. The molecule has 0 unspecified atom stereocenters. The van der Waals surface area contributed by atoms with E-state index in [0.717, 1.165) is 10.4 Å². The van der Waals surface area contributed by atoms with Crippen LogP contribution < -0.4 is 21.8 Å². The Morgan fingerprint density at radius 3 is 2.53 bits per heavy atom. The second kappa shape index (κ2) is 9.04. The minimum atomic E-state index is -0.531. The number of hydrogen-bond donors (Lipinski definition) is 4. The fraction of sp³-hybridized carbons (Fsp3) is 0.318. The van der Waals surface area contributed by atoms with Crippen LogP contribution in [-0.4, -0.2) is 39.8 Å². The van der Waals surface area contributed by atoms with Gasteiger partial charge in [0.15, 0.2) is 5.75 Å². The van der Waals surface area contributed by atoms with E-state index in [0.29, 0.717) is 12.2 Å². The fourth-order valence-electron chi connectivity index (χ4n) is 3.28. The van der Waals surface area contributed by atoms with Gasteiger partial charge in [0.25, 0.3) is 17.0 Å². The van der Waals surface area contributed by atoms with Crippen molar-refractivity contribution in [2.75, 3.05) is 24.7 Å². The third kappa shape index (κ3) is 4.39. The van der Waals surface area contributed by atoms with Crippen molar-refractivity contribution in [3.63, 3.8) is 0 Å². The van der Waals surface area contributed by atoms with Crippen LogP contribution in [0.2, 0.25) is 0 Å². The summed E-state index contributed by atoms with van der Waals surface area (Å²) >= 11 is 0. The molecule has 0 radical (unpaired) electrons. The van der Waals surface area contributed by atoms with Crippen LogP contribution in [0.3, 0.4) is 0 Å². The van der Waals surface area contributed by atoms with Gasteiger partial charge in [0.2, 0.25) is 0 Å². The van der Waals surface area contributed by atoms with Crippen LogP contribution in [-0.2, 0) is 7.05 Å². The number of nitrogens with one attached hydrogen (secondary N) is 3. The zero-order valence-electron chi connectivity index (χ0n) is 18.6. The molecule has 10 nitrogen and oxygen atoms in total. The Morgan fingerprint density at radius 2 is 1.94 bits per heavy atom. The molecule has 1 atom stereocenters. The molecule has 32 heavy (non-hydrogen) atoms. The lowest BCUT2D eigenvalue weighted by Gasteiger charge is -2.20. The molecule has 0 fully saturated rings. The van der Waals surface area contributed by atoms with Gasteiger partial charge in [-0.2, -0.15) is 0 Å². The number of hydrogen-bond acceptors (Lipinski definition) is 7. The number of aromatic nitrogens is 2. The number of para-hydroxylation sites is 1. The largest absolute Gasteiger partial charge is 0.505 e. The quantitative estimate of drug-likeness (QED) is 0.414. The van der Waals surface area contributed by atoms with Crippen LogP contribution in [0, 0.1) is 6.92 Å². The summed E-state index contributed by atoms with van der Waals surface area (Å²) in [7, 11) is 4.55. The number of carbonyl (C=O) groups excluding carboxylic acids is 1. The number of phenolic OH excluding ortho intramolecular Hbond substituents is 1. The van der Waals surface area contributed by atoms with Gasteiger partial charge < -0.3 is 25.1 Å². The Morgan fingerprint density at radius 1 is 1.22 bits per heavy atom. The van der Waals surface area contributed by atoms with Crippen LogP contribution in [0.4, 0.5) is 17.1 Å². The number of furan rings is 1. The average molecular weight is 441 g/mol. The second-order valence-corrected chi connectivity index (χ2v) is 7.64. The van der Waals surface area contributed by atoms with Crippen molar-refractivity contribution in [3.05, 3.63) is 68.1 Å². The highest BCUT2D eigenvalue weighted by molar-refractivity contribution is 5.98. The van der Waals surface area contributed by atoms with Gasteiger partial charge in [-0.25, -0.2) is 0 Å². The summed E-state index contributed by atoms with van der Waals surface area (Å²) < 4.78 is 6.73. The summed E-state index contributed by atoms with van der Waals surface area (Å²) in [6.45, 7) is 3.74. The Kier molecular flexibility index (Phi) is 6.42. The summed E-state index contributed by atoms with van der Waals surface area (Å²) in [5.74, 6) is 0.622. The van der Waals surface area contributed by atoms with Gasteiger partial charge >= 0.3 is 0 Å². The first-order valence-corrected chi connectivity index (χ1v) is 10.1. The maximum Gasteiger partial charge on any atom is 0.290 e. The maximum absolute atomic E-state index is 12.9. The molecular weight excluding hydrogens is 414 g/mol. The minimum Gasteiger partial charge on any atom is -0.505 e. The first-order valence-electron chi connectivity index (χ1n) is 10.1. The van der Waals surface area contributed by atoms with Gasteiger partial charge in [-0.05, 0) is 37.6 Å². The molecule has 0 bridgehead atoms. The molecule has 10 heteroatoms. The van der Waals surface area contributed by atoms with Crippen molar-refractivity contribution in [1.82, 2.24) is 14.7 Å². The molecular formula is C22H27N5O5. The summed E-state index contributed by atoms with van der Waals surface area (Å²) in [5, 5.41) is 19.1. The standard InChI is InChI=1S/C22H27N5O5/c1-6-14(16-11-10-12(2)32-16)23-17-18(22(31)27(5)25-20(17)29)24-15-9-7-8-13(19(15)28)21(30)26(3)4/h7-11,14,23-24,28H,6H2,1-5H3,(H,25,29)/t14-/m0/s1. The zero-order chi connectivity index (χ0) is 23.6. The SMILES string of the molecule is CC[C@H](Nc1c(Nc2cccc(C(=O)N(C)C)c2O)c(=O)n(C)[nH]c1=O)c1ccc(C)o1. The molecule has 0 aliphatic rings. The van der Waals surface area contributed by atoms with Crippen molar-refractivity contribution >= 4 is 23.0 Å². The van der Waals surface area contributed by atoms with Crippen molar-refractivity contribution in [3.8, 4) is 5.75 Å². The van der Waals surface area contributed by atoms with Gasteiger partial charge in [-0.3, -0.25) is 24.2 Å². The fourth-order valence-corrected chi connectivity index (χ4v) is 3.28. The molecule has 0 aliphatic carbocycles. The third-order valence-electron chi connectivity index (χ3n) is 5.03. The van der Waals surface area contributed by atoms with Crippen LogP contribution >= 0.6 is 0 Å². The van der Waals surface area contributed by atoms with E-state index in [9.17, 15) is 19.5 Å². The van der Waals surface area contributed by atoms with E-state index in [-0.39, 0.29) is 34.4 Å². The van der Waals surface area contributed by atoms with Gasteiger partial charge in [-0.1, -0.05) is 13.0 Å². The molecule has 4 N–H and O–H groups in total. The maximum atomic E-state index is 12.9. The van der Waals surface area contributed by atoms with E-state index in [1.54, 1.807) is 26.2 Å². The van der Waals surface area contributed by atoms with Crippen molar-refractivity contribution in [2.24, 2.45) is 7.05 Å². The topological polar surface area (TPSA) is 133 Å². The van der Waals surface area contributed by atoms with Gasteiger partial charge in [0.05, 0.1) is 17.3 Å². The average Bonchev–Trinajstić information content (AvgIpc) is 3.18. The molecule has 170 valence electrons. The first kappa shape index (κ1) is 22.7. The molecule has 0 saturated carbocycles. The Bertz CT molecular complexity index is 1250. The number of nitrogens with zero attached hydrogens (tertiary/aromatic N) is 2. The number of carbonyl (C=O) groups is 1. The monoisotopic (exact) mass is 441 g/mol. The molecule has 1 aromatic carbocycles. The van der Waals surface area contributed by atoms with Crippen LogP contribution in [0.25, 0.3) is 0 Å². The van der Waals surface area contributed by atoms with Crippen molar-refractivity contribution in [2.45, 2.75) is 26.3 Å². The number of aromatic hydroxyl groups is 1. The van der Waals surface area contributed by atoms with Crippen LogP contribution in [0.1, 0.15) is 41.3 Å². The lowest BCUT2D eigenvalue weighted by molar-refractivity contribution is 0.0824. The van der Waals surface area contributed by atoms with Crippen molar-refractivity contribution < 1.29 is 14.3 Å². The molecule has 2 aromatic heterocycles. The third-order valence-corrected chi connectivity index (χ3v) is 5.03. The molecule has 2 heterocycles. The Hall–Kier alpha value is -3.95. The van der Waals surface area contributed by atoms with Crippen LogP contribution in [0.5, 0.6) is 5.75 Å². The van der Waals surface area contributed by atoms with Crippen LogP contribution in [0.15, 0.2) is 44.3 Å². The normalized spacial score (nSPS) is 11.8. The van der Waals surface area contributed by atoms with E-state index in [2.05, 4.69) is 15.7 Å². The number of benzene rings is 1. The lowest BCUT2D eigenvalue weighted by atomic mass is 10.1. The molecule has 0 aliphatic heterocycles. The van der Waals surface area contributed by atoms with Gasteiger partial charge in [0.1, 0.15) is 22.9 Å². The smallest absolute Gasteiger partial charge is 0.290 e. The van der Waals surface area contributed by atoms with E-state index >= 15 is 0 Å². The molecule has 1 amide bonds. The molecule has 0 spiro atoms. The highest BCUT2D eigenvalue weighted by atomic mass is 16.3. The summed E-state index contributed by atoms with van der Waals surface area (Å²) in [6.07, 6.45) is 0.582. The Labute approximate surface area is 184 Å². The van der Waals surface area contributed by atoms with E-state index in [1.165, 1.54) is 24.1 Å². The number of anilines is 3. The Balaban J connectivity index is 2.08. The van der Waals surface area contributed by atoms with Crippen molar-refractivity contribution in [1.29, 1.82) is 0 Å². The molecule has 0 saturated heterocycles. The number of phenols is 1. The van der Waals surface area contributed by atoms with E-state index < -0.39 is 17.0 Å². The summed E-state index contributed by atoms with van der Waals surface area (Å²) in [6, 6.07) is 7.82. The summed E-state index contributed by atoms with van der Waals surface area (Å²) in [5.41, 5.74) is -0.947. The molecule has 3 rings (SSSR count). The minimum absolute atomic E-state index is 0.00209. The highest BCUT2D eigenvalue weighted by Crippen LogP contribution is 2.32. The van der Waals surface area contributed by atoms with Gasteiger partial charge in [-0.15, -0.1) is 0 Å². The van der Waals surface area contributed by atoms with E-state index in [1.807, 2.05) is 19.9 Å². The number of aromatic amines is 1. The van der Waals surface area contributed by atoms with E-state index in [4.69, 9.17) is 4.42 Å². The number of amides is 1.